The Morgan fingerprint density at radius 2 is 0.559 bits per heavy atom. The van der Waals surface area contributed by atoms with Crippen molar-refractivity contribution in [2.45, 2.75) is 43.0 Å². The van der Waals surface area contributed by atoms with Crippen molar-refractivity contribution in [2.75, 3.05) is 0 Å². The van der Waals surface area contributed by atoms with Crippen molar-refractivity contribution in [3.8, 4) is 0 Å². The normalized spacial score (nSPS) is 16.5. The molecule has 0 fully saturated rings. The molecule has 0 bridgehead atoms. The summed E-state index contributed by atoms with van der Waals surface area (Å²) in [4.78, 5) is 10.6. The third kappa shape index (κ3) is 6.12. The molecule has 0 aliphatic rings. The van der Waals surface area contributed by atoms with Crippen LogP contribution in [0.5, 0.6) is 0 Å². The molecular formula is C11Cl21O2. The quantitative estimate of drug-likeness (QED) is 0.204. The molecule has 0 amide bonds. The van der Waals surface area contributed by atoms with Gasteiger partial charge in [-0.05, 0) is 0 Å². The van der Waals surface area contributed by atoms with Gasteiger partial charge in [0.1, 0.15) is 0 Å². The van der Waals surface area contributed by atoms with Crippen LogP contribution in [-0.2, 0) is 9.53 Å². The number of carbonyl (C=O) groups excluding carboxylic acids is 1. The van der Waals surface area contributed by atoms with Crippen molar-refractivity contribution in [3.63, 3.8) is 0 Å². The molecule has 0 rings (SSSR count). The maximum Gasteiger partial charge on any atom is 0.420 e. The fourth-order valence-corrected chi connectivity index (χ4v) is 8.10. The van der Waals surface area contributed by atoms with E-state index in [9.17, 15) is 4.79 Å². The highest BCUT2D eigenvalue weighted by atomic mass is 35.6. The minimum atomic E-state index is -3.30. The first-order chi connectivity index (χ1) is 14.3. The van der Waals surface area contributed by atoms with Gasteiger partial charge < -0.3 is 4.74 Å². The van der Waals surface area contributed by atoms with Crippen molar-refractivity contribution < 1.29 is 9.53 Å². The maximum atomic E-state index is 10.6. The number of ether oxygens (including phenoxy) is 1. The molecule has 34 heavy (non-hydrogen) atoms. The van der Waals surface area contributed by atoms with E-state index in [-0.39, 0.29) is 0 Å². The third-order valence-electron chi connectivity index (χ3n) is 3.65. The Balaban J connectivity index is 7.04. The Bertz CT molecular complexity index is 761. The minimum Gasteiger partial charge on any atom is -0.417 e. The Hall–Kier alpha value is 5.56. The lowest BCUT2D eigenvalue weighted by Gasteiger charge is -2.55. The maximum absolute atomic E-state index is 10.6. The summed E-state index contributed by atoms with van der Waals surface area (Å²) in [5.41, 5.74) is 0. The fourth-order valence-electron chi connectivity index (χ4n) is 1.66. The fraction of sp³-hybridized carbons (Fsp3) is 0.909. The molecule has 0 aromatic rings. The molecule has 0 saturated heterocycles. The van der Waals surface area contributed by atoms with E-state index in [1.54, 1.807) is 0 Å². The molecule has 0 aromatic heterocycles. The van der Waals surface area contributed by atoms with Crippen LogP contribution in [0.1, 0.15) is 0 Å². The summed E-state index contributed by atoms with van der Waals surface area (Å²) in [6, 6.07) is 0. The van der Waals surface area contributed by atoms with Gasteiger partial charge in [-0.3, -0.25) is 0 Å². The second kappa shape index (κ2) is 11.9. The van der Waals surface area contributed by atoms with Gasteiger partial charge in [0.2, 0.25) is 12.5 Å². The van der Waals surface area contributed by atoms with E-state index in [2.05, 4.69) is 4.74 Å². The predicted octanol–water partition coefficient (Wildman–Crippen LogP) is 12.0. The van der Waals surface area contributed by atoms with Crippen LogP contribution in [0, 0.1) is 0 Å². The molecule has 1 radical (unpaired) electrons. The van der Waals surface area contributed by atoms with Gasteiger partial charge in [0.05, 0.1) is 0 Å². The Kier molecular flexibility index (Phi) is 13.9. The first-order valence-electron chi connectivity index (χ1n) is 6.83. The van der Waals surface area contributed by atoms with Crippen LogP contribution in [0.3, 0.4) is 0 Å². The van der Waals surface area contributed by atoms with Crippen molar-refractivity contribution >= 4 is 250 Å². The Labute approximate surface area is 298 Å². The number of rotatable bonds is 10. The smallest absolute Gasteiger partial charge is 0.417 e. The second-order valence-corrected chi connectivity index (χ2v) is 20.0. The molecular weight excluding hydrogens is 909 g/mol. The molecule has 0 aromatic carbocycles. The van der Waals surface area contributed by atoms with Crippen LogP contribution in [0.4, 0.5) is 0 Å². The van der Waals surface area contributed by atoms with E-state index in [1.165, 1.54) is 0 Å². The molecule has 0 saturated carbocycles. The van der Waals surface area contributed by atoms with Crippen LogP contribution >= 0.6 is 244 Å². The number of hydrogen-bond donors (Lipinski definition) is 0. The average molecular weight is 909 g/mol. The molecule has 0 aliphatic carbocycles. The highest BCUT2D eigenvalue weighted by molar-refractivity contribution is 6.83. The Morgan fingerprint density at radius 3 is 0.765 bits per heavy atom. The summed E-state index contributed by atoms with van der Waals surface area (Å²) in [6.45, 7) is 0.833. The van der Waals surface area contributed by atoms with Crippen LogP contribution < -0.4 is 0 Å². The van der Waals surface area contributed by atoms with Crippen molar-refractivity contribution in [2.24, 2.45) is 0 Å². The molecule has 0 N–H and O–H groups in total. The summed E-state index contributed by atoms with van der Waals surface area (Å²) in [6.07, 6.45) is 0. The van der Waals surface area contributed by atoms with Gasteiger partial charge in [-0.15, -0.1) is 0 Å². The van der Waals surface area contributed by atoms with E-state index < -0.39 is 43.0 Å². The number of halogens is 21. The zero-order valence-electron chi connectivity index (χ0n) is 14.3. The first kappa shape index (κ1) is 39.6. The largest absolute Gasteiger partial charge is 0.420 e. The van der Waals surface area contributed by atoms with Gasteiger partial charge in [0.15, 0.2) is 26.0 Å². The summed E-state index contributed by atoms with van der Waals surface area (Å²) in [7, 11) is 0. The molecule has 0 atom stereocenters. The highest BCUT2D eigenvalue weighted by Gasteiger charge is 2.84. The van der Waals surface area contributed by atoms with E-state index in [0.29, 0.717) is 0 Å². The van der Waals surface area contributed by atoms with E-state index in [1.807, 2.05) is 0 Å². The van der Waals surface area contributed by atoms with Crippen LogP contribution in [0.2, 0.25) is 0 Å². The second-order valence-electron chi connectivity index (χ2n) is 5.80. The lowest BCUT2D eigenvalue weighted by Crippen LogP contribution is -2.72. The Morgan fingerprint density at radius 1 is 0.353 bits per heavy atom. The number of alkyl halides is 21. The van der Waals surface area contributed by atoms with Gasteiger partial charge in [-0.25, -0.2) is 4.79 Å². The van der Waals surface area contributed by atoms with E-state index in [0.717, 1.165) is 6.47 Å². The van der Waals surface area contributed by atoms with Gasteiger partial charge in [0.25, 0.3) is 4.52 Å². The topological polar surface area (TPSA) is 26.3 Å². The first-order valence-corrected chi connectivity index (χ1v) is 14.8. The molecule has 0 heterocycles. The molecule has 203 valence electrons. The standard InChI is InChI=1S/C11Cl21O2/c12-2(13,4(16,17)6(20,21)8(24,25)10(28,29)30)3(14,15)5(18,19)7(22,23)9(26,27)11(31,32)34-1-33. The minimum absolute atomic E-state index is 0.833. The average Bonchev–Trinajstić information content (AvgIpc) is 2.59. The van der Waals surface area contributed by atoms with E-state index in [4.69, 9.17) is 244 Å². The molecule has 0 spiro atoms. The lowest BCUT2D eigenvalue weighted by molar-refractivity contribution is 0.182. The number of hydrogen-bond acceptors (Lipinski definition) is 2. The predicted molar refractivity (Wildman–Crippen MR) is 157 cm³/mol. The molecule has 23 heteroatoms. The highest BCUT2D eigenvalue weighted by Crippen LogP contribution is 2.74. The molecule has 0 aliphatic heterocycles. The third-order valence-corrected chi connectivity index (χ3v) is 17.9. The van der Waals surface area contributed by atoms with Crippen LogP contribution in [0.15, 0.2) is 0 Å². The molecule has 2 nitrogen and oxygen atoms in total. The van der Waals surface area contributed by atoms with E-state index >= 15 is 0 Å². The van der Waals surface area contributed by atoms with Gasteiger partial charge in [-0.1, -0.05) is 244 Å². The molecule has 0 unspecified atom stereocenters. The van der Waals surface area contributed by atoms with Crippen LogP contribution in [-0.4, -0.2) is 49.5 Å². The van der Waals surface area contributed by atoms with Crippen molar-refractivity contribution in [1.29, 1.82) is 0 Å². The van der Waals surface area contributed by atoms with Gasteiger partial charge >= 0.3 is 6.47 Å². The van der Waals surface area contributed by atoms with Gasteiger partial charge in [-0.2, -0.15) is 0 Å². The SMILES string of the molecule is O=[C]OC(Cl)(Cl)C(Cl)(Cl)C(Cl)(Cl)C(Cl)(Cl)C(Cl)(Cl)C(Cl)(Cl)C(Cl)(Cl)C(Cl)(Cl)C(Cl)(Cl)C(Cl)(Cl)Cl. The lowest BCUT2D eigenvalue weighted by atomic mass is 10.0. The van der Waals surface area contributed by atoms with Crippen molar-refractivity contribution in [3.05, 3.63) is 0 Å². The van der Waals surface area contributed by atoms with Gasteiger partial charge in [0, 0.05) is 0 Å². The zero-order chi connectivity index (χ0) is 28.4. The monoisotopic (exact) mass is 898 g/mol. The van der Waals surface area contributed by atoms with Crippen molar-refractivity contribution in [1.82, 2.24) is 0 Å². The summed E-state index contributed by atoms with van der Waals surface area (Å²) in [5, 5.41) is 0. The summed E-state index contributed by atoms with van der Waals surface area (Å²) >= 11 is 127. The summed E-state index contributed by atoms with van der Waals surface area (Å²) in [5.74, 6) is 0. The summed E-state index contributed by atoms with van der Waals surface area (Å²) < 4.78 is -26.9. The zero-order valence-corrected chi connectivity index (χ0v) is 30.1. The van der Waals surface area contributed by atoms with Crippen LogP contribution in [0.25, 0.3) is 0 Å².